The van der Waals surface area contributed by atoms with Crippen molar-refractivity contribution in [2.75, 3.05) is 12.3 Å². The summed E-state index contributed by atoms with van der Waals surface area (Å²) in [5.74, 6) is 0. The number of hydrogen-bond donors (Lipinski definition) is 0. The van der Waals surface area contributed by atoms with Gasteiger partial charge in [0.15, 0.2) is 0 Å². The molecule has 0 aliphatic carbocycles. The second-order valence-electron chi connectivity index (χ2n) is 3.69. The van der Waals surface area contributed by atoms with Crippen molar-refractivity contribution in [1.29, 1.82) is 0 Å². The van der Waals surface area contributed by atoms with Crippen LogP contribution in [0.3, 0.4) is 0 Å². The first-order valence-corrected chi connectivity index (χ1v) is 7.41. The summed E-state index contributed by atoms with van der Waals surface area (Å²) in [5.41, 5.74) is 1.29. The van der Waals surface area contributed by atoms with Crippen LogP contribution in [0.5, 0.6) is 0 Å². The molecule has 0 amide bonds. The Hall–Kier alpha value is -0.390. The SMILES string of the molecule is CCCP(CCC)OCc1ccccc1. The van der Waals surface area contributed by atoms with Crippen molar-refractivity contribution in [2.45, 2.75) is 33.3 Å². The minimum Gasteiger partial charge on any atom is -0.355 e. The number of hydrogen-bond acceptors (Lipinski definition) is 1. The highest BCUT2D eigenvalue weighted by molar-refractivity contribution is 7.52. The molecule has 0 N–H and O–H groups in total. The van der Waals surface area contributed by atoms with Gasteiger partial charge in [-0.2, -0.15) is 0 Å². The van der Waals surface area contributed by atoms with Gasteiger partial charge in [-0.1, -0.05) is 57.0 Å². The standard InChI is InChI=1S/C13H21OP/c1-3-10-15(11-4-2)14-12-13-8-6-5-7-9-13/h5-9H,3-4,10-12H2,1-2H3. The molecule has 0 saturated carbocycles. The lowest BCUT2D eigenvalue weighted by Gasteiger charge is -2.16. The quantitative estimate of drug-likeness (QED) is 0.623. The van der Waals surface area contributed by atoms with Crippen LogP contribution >= 0.6 is 8.15 Å². The Kier molecular flexibility index (Phi) is 6.63. The topological polar surface area (TPSA) is 9.23 Å². The predicted molar refractivity (Wildman–Crippen MR) is 68.5 cm³/mol. The van der Waals surface area contributed by atoms with Crippen molar-refractivity contribution in [2.24, 2.45) is 0 Å². The highest BCUT2D eigenvalue weighted by Gasteiger charge is 2.06. The zero-order valence-corrected chi connectivity index (χ0v) is 10.7. The first-order valence-electron chi connectivity index (χ1n) is 5.78. The molecule has 15 heavy (non-hydrogen) atoms. The van der Waals surface area contributed by atoms with E-state index in [4.69, 9.17) is 4.52 Å². The maximum Gasteiger partial charge on any atom is 0.0759 e. The molecule has 84 valence electrons. The minimum atomic E-state index is -0.185. The highest BCUT2D eigenvalue weighted by Crippen LogP contribution is 2.39. The van der Waals surface area contributed by atoms with Gasteiger partial charge in [-0.3, -0.25) is 0 Å². The van der Waals surface area contributed by atoms with Gasteiger partial charge in [-0.25, -0.2) is 0 Å². The molecular weight excluding hydrogens is 203 g/mol. The molecule has 0 aliphatic heterocycles. The van der Waals surface area contributed by atoms with E-state index in [-0.39, 0.29) is 8.15 Å². The zero-order valence-electron chi connectivity index (χ0n) is 9.78. The molecule has 0 spiro atoms. The Balaban J connectivity index is 2.33. The maximum absolute atomic E-state index is 5.97. The Morgan fingerprint density at radius 2 is 1.60 bits per heavy atom. The van der Waals surface area contributed by atoms with E-state index >= 15 is 0 Å². The van der Waals surface area contributed by atoms with Crippen molar-refractivity contribution in [3.8, 4) is 0 Å². The summed E-state index contributed by atoms with van der Waals surface area (Å²) in [6, 6.07) is 10.4. The van der Waals surface area contributed by atoms with Crippen LogP contribution in [0, 0.1) is 0 Å². The van der Waals surface area contributed by atoms with Crippen LogP contribution < -0.4 is 0 Å². The molecule has 1 nitrogen and oxygen atoms in total. The zero-order chi connectivity index (χ0) is 10.9. The van der Waals surface area contributed by atoms with Gasteiger partial charge in [0.25, 0.3) is 0 Å². The van der Waals surface area contributed by atoms with Crippen LogP contribution in [-0.4, -0.2) is 12.3 Å². The molecule has 1 aromatic rings. The van der Waals surface area contributed by atoms with E-state index in [1.54, 1.807) is 0 Å². The van der Waals surface area contributed by atoms with Crippen LogP contribution in [0.4, 0.5) is 0 Å². The third kappa shape index (κ3) is 5.30. The van der Waals surface area contributed by atoms with E-state index in [1.807, 2.05) is 6.07 Å². The van der Waals surface area contributed by atoms with Gasteiger partial charge in [-0.15, -0.1) is 0 Å². The van der Waals surface area contributed by atoms with E-state index in [1.165, 1.54) is 30.7 Å². The largest absolute Gasteiger partial charge is 0.355 e. The molecule has 0 radical (unpaired) electrons. The van der Waals surface area contributed by atoms with E-state index in [0.717, 1.165) is 6.61 Å². The van der Waals surface area contributed by atoms with E-state index < -0.39 is 0 Å². The normalized spacial score (nSPS) is 10.9. The summed E-state index contributed by atoms with van der Waals surface area (Å²) >= 11 is 0. The Morgan fingerprint density at radius 3 is 2.13 bits per heavy atom. The fraction of sp³-hybridized carbons (Fsp3) is 0.538. The Bertz CT molecular complexity index is 242. The molecule has 1 aromatic carbocycles. The van der Waals surface area contributed by atoms with Crippen LogP contribution in [0.25, 0.3) is 0 Å². The van der Waals surface area contributed by atoms with Gasteiger partial charge < -0.3 is 4.52 Å². The molecule has 0 saturated heterocycles. The minimum absolute atomic E-state index is 0.185. The molecule has 0 aliphatic rings. The molecule has 0 fully saturated rings. The fourth-order valence-electron chi connectivity index (χ4n) is 1.48. The van der Waals surface area contributed by atoms with Gasteiger partial charge >= 0.3 is 0 Å². The fourth-order valence-corrected chi connectivity index (χ4v) is 3.29. The molecule has 0 bridgehead atoms. The molecule has 0 aromatic heterocycles. The van der Waals surface area contributed by atoms with Gasteiger partial charge in [0.2, 0.25) is 0 Å². The smallest absolute Gasteiger partial charge is 0.0759 e. The second-order valence-corrected chi connectivity index (χ2v) is 5.80. The summed E-state index contributed by atoms with van der Waals surface area (Å²) in [6.45, 7) is 5.25. The van der Waals surface area contributed by atoms with Gasteiger partial charge in [0.05, 0.1) is 6.61 Å². The molecule has 1 rings (SSSR count). The first kappa shape index (κ1) is 12.7. The van der Waals surface area contributed by atoms with Crippen LogP contribution in [0.15, 0.2) is 30.3 Å². The van der Waals surface area contributed by atoms with Gasteiger partial charge in [0.1, 0.15) is 0 Å². The van der Waals surface area contributed by atoms with E-state index in [2.05, 4.69) is 38.1 Å². The average molecular weight is 224 g/mol. The van der Waals surface area contributed by atoms with Crippen LogP contribution in [0.2, 0.25) is 0 Å². The summed E-state index contributed by atoms with van der Waals surface area (Å²) < 4.78 is 5.97. The monoisotopic (exact) mass is 224 g/mol. The van der Waals surface area contributed by atoms with Crippen molar-refractivity contribution in [1.82, 2.24) is 0 Å². The van der Waals surface area contributed by atoms with Crippen molar-refractivity contribution in [3.05, 3.63) is 35.9 Å². The summed E-state index contributed by atoms with van der Waals surface area (Å²) in [7, 11) is -0.185. The van der Waals surface area contributed by atoms with Crippen molar-refractivity contribution >= 4 is 8.15 Å². The van der Waals surface area contributed by atoms with Gasteiger partial charge in [-0.05, 0) is 17.9 Å². The van der Waals surface area contributed by atoms with Crippen molar-refractivity contribution in [3.63, 3.8) is 0 Å². The lowest BCUT2D eigenvalue weighted by atomic mass is 10.2. The summed E-state index contributed by atoms with van der Waals surface area (Å²) in [5, 5.41) is 0. The van der Waals surface area contributed by atoms with Crippen molar-refractivity contribution < 1.29 is 4.52 Å². The van der Waals surface area contributed by atoms with Crippen LogP contribution in [0.1, 0.15) is 32.3 Å². The number of benzene rings is 1. The van der Waals surface area contributed by atoms with Crippen LogP contribution in [-0.2, 0) is 11.1 Å². The summed E-state index contributed by atoms with van der Waals surface area (Å²) in [4.78, 5) is 0. The molecule has 0 atom stereocenters. The summed E-state index contributed by atoms with van der Waals surface area (Å²) in [6.07, 6.45) is 4.97. The maximum atomic E-state index is 5.97. The predicted octanol–water partition coefficient (Wildman–Crippen LogP) is 4.42. The molecule has 0 heterocycles. The van der Waals surface area contributed by atoms with Gasteiger partial charge in [0, 0.05) is 8.15 Å². The second kappa shape index (κ2) is 7.84. The first-order chi connectivity index (χ1) is 7.36. The third-order valence-corrected chi connectivity index (χ3v) is 4.59. The lowest BCUT2D eigenvalue weighted by molar-refractivity contribution is 0.340. The Labute approximate surface area is 94.7 Å². The molecule has 2 heteroatoms. The molecule has 0 unspecified atom stereocenters. The lowest BCUT2D eigenvalue weighted by Crippen LogP contribution is -1.94. The number of rotatable bonds is 7. The highest BCUT2D eigenvalue weighted by atomic mass is 31.1. The third-order valence-electron chi connectivity index (χ3n) is 2.20. The van der Waals surface area contributed by atoms with E-state index in [0.29, 0.717) is 0 Å². The van der Waals surface area contributed by atoms with E-state index in [9.17, 15) is 0 Å². The average Bonchev–Trinajstić information content (AvgIpc) is 2.28. The molecular formula is C13H21OP. The Morgan fingerprint density at radius 1 is 1.00 bits per heavy atom.